The zero-order chi connectivity index (χ0) is 27.0. The molecule has 1 heterocycles. The molecule has 0 radical (unpaired) electrons. The number of fused-ring (bicyclic) bond motifs is 1. The van der Waals surface area contributed by atoms with Gasteiger partial charge in [-0.15, -0.1) is 0 Å². The van der Waals surface area contributed by atoms with E-state index in [0.717, 1.165) is 23.1 Å². The van der Waals surface area contributed by atoms with Crippen molar-refractivity contribution < 1.29 is 19.1 Å². The Hall–Kier alpha value is -2.74. The highest BCUT2D eigenvalue weighted by Crippen LogP contribution is 2.32. The van der Waals surface area contributed by atoms with Gasteiger partial charge in [0, 0.05) is 11.6 Å². The lowest BCUT2D eigenvalue weighted by Gasteiger charge is -2.34. The van der Waals surface area contributed by atoms with Gasteiger partial charge in [0.1, 0.15) is 17.1 Å². The maximum absolute atomic E-state index is 13.3. The van der Waals surface area contributed by atoms with Crippen molar-refractivity contribution in [3.63, 3.8) is 0 Å². The summed E-state index contributed by atoms with van der Waals surface area (Å²) in [7, 11) is 1.30. The van der Waals surface area contributed by atoms with E-state index in [1.807, 2.05) is 52.0 Å². The molecule has 0 aliphatic carbocycles. The molecule has 1 aliphatic heterocycles. The quantitative estimate of drug-likeness (QED) is 0.234. The first kappa shape index (κ1) is 29.5. The molecule has 1 aliphatic rings. The molecular weight excluding hydrogens is 474 g/mol. The van der Waals surface area contributed by atoms with E-state index in [9.17, 15) is 14.4 Å². The van der Waals surface area contributed by atoms with E-state index in [0.29, 0.717) is 17.8 Å². The fourth-order valence-corrected chi connectivity index (χ4v) is 4.63. The first-order valence-corrected chi connectivity index (χ1v) is 13.3. The van der Waals surface area contributed by atoms with Crippen LogP contribution in [0.4, 0.5) is 0 Å². The van der Waals surface area contributed by atoms with E-state index in [1.165, 1.54) is 7.11 Å². The topological polar surface area (TPSA) is 96.5 Å². The Morgan fingerprint density at radius 2 is 1.56 bits per heavy atom. The van der Waals surface area contributed by atoms with Gasteiger partial charge in [-0.25, -0.2) is 4.79 Å². The Morgan fingerprint density at radius 1 is 0.972 bits per heavy atom. The van der Waals surface area contributed by atoms with Gasteiger partial charge in [0.2, 0.25) is 11.8 Å². The van der Waals surface area contributed by atoms with Crippen molar-refractivity contribution in [1.29, 1.82) is 0 Å². The summed E-state index contributed by atoms with van der Waals surface area (Å²) >= 11 is 5.60. The molecule has 7 nitrogen and oxygen atoms in total. The molecule has 0 saturated heterocycles. The normalized spacial score (nSPS) is 20.2. The number of carbonyl (C=O) groups is 3. The highest BCUT2D eigenvalue weighted by Gasteiger charge is 2.34. The zero-order valence-electron chi connectivity index (χ0n) is 22.5. The fraction of sp³-hybridized carbons (Fsp3) is 0.571. The van der Waals surface area contributed by atoms with Crippen LogP contribution in [0, 0.1) is 17.8 Å². The van der Waals surface area contributed by atoms with Crippen molar-refractivity contribution in [2.45, 2.75) is 78.9 Å². The van der Waals surface area contributed by atoms with Gasteiger partial charge >= 0.3 is 5.97 Å². The maximum atomic E-state index is 13.3. The summed E-state index contributed by atoms with van der Waals surface area (Å²) in [6.45, 7) is 11.9. The van der Waals surface area contributed by atoms with Crippen molar-refractivity contribution in [3.8, 4) is 0 Å². The minimum absolute atomic E-state index is 0.109. The summed E-state index contributed by atoms with van der Waals surface area (Å²) < 4.78 is 4.90. The first-order chi connectivity index (χ1) is 17.1. The summed E-state index contributed by atoms with van der Waals surface area (Å²) in [5.41, 5.74) is 2.66. The van der Waals surface area contributed by atoms with Gasteiger partial charge < -0.3 is 20.7 Å². The number of hydrogen-bond acceptors (Lipinski definition) is 5. The number of thiocarbonyl (C=S) groups is 1. The average Bonchev–Trinajstić information content (AvgIpc) is 2.89. The van der Waals surface area contributed by atoms with Crippen LogP contribution in [0.1, 0.15) is 71.9 Å². The molecule has 2 rings (SSSR count). The number of hydrogen-bond donors (Lipinski definition) is 3. The minimum atomic E-state index is -0.800. The number of ether oxygens (including phenoxy) is 1. The summed E-state index contributed by atoms with van der Waals surface area (Å²) in [6.07, 6.45) is 3.86. The third-order valence-corrected chi connectivity index (χ3v) is 7.70. The van der Waals surface area contributed by atoms with Crippen molar-refractivity contribution in [2.24, 2.45) is 17.8 Å². The third-order valence-electron chi connectivity index (χ3n) is 7.36. The monoisotopic (exact) mass is 515 g/mol. The Kier molecular flexibility index (Phi) is 11.1. The molecule has 36 heavy (non-hydrogen) atoms. The van der Waals surface area contributed by atoms with Crippen LogP contribution in [0.5, 0.6) is 0 Å². The molecule has 6 atom stereocenters. The number of benzene rings is 1. The number of carbonyl (C=O) groups excluding carboxylic acids is 3. The summed E-state index contributed by atoms with van der Waals surface area (Å²) in [4.78, 5) is 39.6. The van der Waals surface area contributed by atoms with Gasteiger partial charge in [-0.2, -0.15) is 0 Å². The highest BCUT2D eigenvalue weighted by molar-refractivity contribution is 7.80. The Labute approximate surface area is 220 Å². The number of amides is 2. The lowest BCUT2D eigenvalue weighted by atomic mass is 9.83. The third kappa shape index (κ3) is 6.93. The molecule has 0 unspecified atom stereocenters. The largest absolute Gasteiger partial charge is 0.467 e. The number of rotatable bonds is 11. The van der Waals surface area contributed by atoms with Crippen molar-refractivity contribution in [2.75, 3.05) is 7.11 Å². The van der Waals surface area contributed by atoms with Crippen molar-refractivity contribution >= 4 is 40.6 Å². The van der Waals surface area contributed by atoms with E-state index in [4.69, 9.17) is 17.0 Å². The van der Waals surface area contributed by atoms with E-state index < -0.39 is 24.0 Å². The molecule has 2 amide bonds. The van der Waals surface area contributed by atoms with E-state index in [-0.39, 0.29) is 29.7 Å². The molecule has 1 aromatic carbocycles. The second kappa shape index (κ2) is 13.5. The standard InChI is InChI=1S/C28H41N3O4S/c1-8-16(4)23-21(19-13-11-12-14-20(19)27(36)31-23)15-22(32)29-24(17(5)9-2)26(33)30-25(18(6)10-3)28(34)35-7/h11-18,23-25H,8-10H2,1-7H3,(H,29,32)(H,30,33)(H,31,36)/b21-15-/t16-,17-,18-,23-,24-,25-/m0/s1. The molecular formula is C28H41N3O4S. The summed E-state index contributed by atoms with van der Waals surface area (Å²) in [5, 5.41) is 9.14. The molecule has 8 heteroatoms. The van der Waals surface area contributed by atoms with Crippen LogP contribution in [0.25, 0.3) is 5.57 Å². The highest BCUT2D eigenvalue weighted by atomic mass is 32.1. The summed E-state index contributed by atoms with van der Waals surface area (Å²) in [5.74, 6) is -1.26. The van der Waals surface area contributed by atoms with E-state index in [2.05, 4.69) is 29.8 Å². The lowest BCUT2D eigenvalue weighted by Crippen LogP contribution is -2.55. The van der Waals surface area contributed by atoms with Crippen LogP contribution in [0.15, 0.2) is 30.3 Å². The van der Waals surface area contributed by atoms with Crippen LogP contribution in [0.3, 0.4) is 0 Å². The molecule has 198 valence electrons. The van der Waals surface area contributed by atoms with E-state index in [1.54, 1.807) is 6.08 Å². The van der Waals surface area contributed by atoms with Gasteiger partial charge in [0.05, 0.1) is 13.2 Å². The number of methoxy groups -OCH3 is 1. The Morgan fingerprint density at radius 3 is 2.11 bits per heavy atom. The van der Waals surface area contributed by atoms with Gasteiger partial charge in [-0.3, -0.25) is 9.59 Å². The van der Waals surface area contributed by atoms with Gasteiger partial charge in [-0.1, -0.05) is 97.3 Å². The SMILES string of the molecule is CC[C@H](C)[C@H](NC(=O)/C=C1/c2ccccc2C(=S)N[C@H]1[C@@H](C)CC)C(=O)N[C@H](C(=O)OC)[C@@H](C)CC. The predicted molar refractivity (Wildman–Crippen MR) is 147 cm³/mol. The molecule has 0 saturated carbocycles. The fourth-order valence-electron chi connectivity index (χ4n) is 4.33. The van der Waals surface area contributed by atoms with Crippen LogP contribution in [0.2, 0.25) is 0 Å². The minimum Gasteiger partial charge on any atom is -0.467 e. The van der Waals surface area contributed by atoms with E-state index >= 15 is 0 Å². The maximum Gasteiger partial charge on any atom is 0.328 e. The molecule has 0 fully saturated rings. The van der Waals surface area contributed by atoms with Crippen LogP contribution < -0.4 is 16.0 Å². The lowest BCUT2D eigenvalue weighted by molar-refractivity contribution is -0.147. The summed E-state index contributed by atoms with van der Waals surface area (Å²) in [6, 6.07) is 6.08. The van der Waals surface area contributed by atoms with Gasteiger partial charge in [0.25, 0.3) is 0 Å². The Bertz CT molecular complexity index is 993. The number of esters is 1. The smallest absolute Gasteiger partial charge is 0.328 e. The van der Waals surface area contributed by atoms with Gasteiger partial charge in [-0.05, 0) is 28.9 Å². The van der Waals surface area contributed by atoms with Crippen molar-refractivity contribution in [1.82, 2.24) is 16.0 Å². The molecule has 1 aromatic rings. The average molecular weight is 516 g/mol. The molecule has 0 spiro atoms. The van der Waals surface area contributed by atoms with Gasteiger partial charge in [0.15, 0.2) is 0 Å². The Balaban J connectivity index is 2.37. The molecule has 3 N–H and O–H groups in total. The second-order valence-electron chi connectivity index (χ2n) is 9.75. The predicted octanol–water partition coefficient (Wildman–Crippen LogP) is 4.00. The van der Waals surface area contributed by atoms with Crippen molar-refractivity contribution in [3.05, 3.63) is 41.5 Å². The van der Waals surface area contributed by atoms with Crippen LogP contribution >= 0.6 is 12.2 Å². The van der Waals surface area contributed by atoms with Crippen LogP contribution in [-0.2, 0) is 19.1 Å². The zero-order valence-corrected chi connectivity index (χ0v) is 23.3. The molecule has 0 aromatic heterocycles. The second-order valence-corrected chi connectivity index (χ2v) is 10.2. The van der Waals surface area contributed by atoms with Crippen LogP contribution in [-0.4, -0.2) is 48.0 Å². The number of nitrogens with one attached hydrogen (secondary N) is 3. The first-order valence-electron chi connectivity index (χ1n) is 12.9. The molecule has 0 bridgehead atoms.